The first-order chi connectivity index (χ1) is 17.6. The fraction of sp³-hybridized carbons (Fsp3) is 0.478. The lowest BCUT2D eigenvalue weighted by atomic mass is 9.97. The van der Waals surface area contributed by atoms with Crippen molar-refractivity contribution in [3.8, 4) is 17.2 Å². The van der Waals surface area contributed by atoms with Crippen molar-refractivity contribution in [3.05, 3.63) is 24.3 Å². The molecule has 0 amide bonds. The molecule has 14 heteroatoms. The highest BCUT2D eigenvalue weighted by Gasteiger charge is 2.52. The van der Waals surface area contributed by atoms with Gasteiger partial charge < -0.3 is 38.2 Å². The minimum absolute atomic E-state index is 0.119. The van der Waals surface area contributed by atoms with E-state index in [0.29, 0.717) is 11.3 Å². The lowest BCUT2D eigenvalue weighted by molar-refractivity contribution is -0.247. The topological polar surface area (TPSA) is 175 Å². The molecule has 1 N–H and O–H groups in total. The van der Waals surface area contributed by atoms with Gasteiger partial charge in [-0.3, -0.25) is 19.2 Å². The summed E-state index contributed by atoms with van der Waals surface area (Å²) < 4.78 is 37.9. The molecule has 0 saturated carbocycles. The molecule has 1 saturated heterocycles. The minimum atomic E-state index is -1.33. The van der Waals surface area contributed by atoms with Gasteiger partial charge in [-0.2, -0.15) is 0 Å². The predicted molar refractivity (Wildman–Crippen MR) is 122 cm³/mol. The van der Waals surface area contributed by atoms with E-state index in [-0.39, 0.29) is 18.5 Å². The van der Waals surface area contributed by atoms with Gasteiger partial charge in [-0.15, -0.1) is 5.10 Å². The summed E-state index contributed by atoms with van der Waals surface area (Å²) >= 11 is 0. The summed E-state index contributed by atoms with van der Waals surface area (Å²) in [5.74, 6) is -2.03. The molecule has 0 bridgehead atoms. The second-order valence-corrected chi connectivity index (χ2v) is 7.91. The third kappa shape index (κ3) is 7.39. The molecule has 3 rings (SSSR count). The second kappa shape index (κ2) is 12.2. The highest BCUT2D eigenvalue weighted by molar-refractivity contribution is 5.69. The Morgan fingerprint density at radius 1 is 0.838 bits per heavy atom. The van der Waals surface area contributed by atoms with Gasteiger partial charge in [0.15, 0.2) is 24.5 Å². The highest BCUT2D eigenvalue weighted by atomic mass is 16.7. The van der Waals surface area contributed by atoms with E-state index in [1.54, 1.807) is 24.3 Å². The molecular weight excluding hydrogens is 494 g/mol. The zero-order valence-corrected chi connectivity index (χ0v) is 20.8. The zero-order valence-electron chi connectivity index (χ0n) is 20.8. The Bertz CT molecular complexity index is 1120. The number of benzene rings is 1. The number of hydrogen-bond donors (Lipinski definition) is 1. The molecule has 0 radical (unpaired) electrons. The number of aromatic nitrogens is 2. The molecular formula is C23H27N3O11. The van der Waals surface area contributed by atoms with Gasteiger partial charge in [0, 0.05) is 33.3 Å². The lowest BCUT2D eigenvalue weighted by Gasteiger charge is -2.44. The van der Waals surface area contributed by atoms with Crippen LogP contribution in [0.2, 0.25) is 0 Å². The number of methoxy groups -OCH3 is 1. The minimum Gasteiger partial charge on any atom is -0.497 e. The molecule has 37 heavy (non-hydrogen) atoms. The number of esters is 4. The van der Waals surface area contributed by atoms with Crippen molar-refractivity contribution in [2.24, 2.45) is 0 Å². The molecule has 0 aliphatic carbocycles. The van der Waals surface area contributed by atoms with Crippen LogP contribution < -0.4 is 10.1 Å². The molecule has 5 unspecified atom stereocenters. The van der Waals surface area contributed by atoms with Crippen LogP contribution >= 0.6 is 0 Å². The van der Waals surface area contributed by atoms with E-state index < -0.39 is 54.5 Å². The third-order valence-electron chi connectivity index (χ3n) is 5.02. The SMILES string of the molecule is COc1ccc(-c2nnc(NC3OC(COC(C)=O)C(OC(C)=O)C(OC(C)=O)C3OC(C)=O)o2)cc1. The monoisotopic (exact) mass is 521 g/mol. The van der Waals surface area contributed by atoms with Gasteiger partial charge in [0.1, 0.15) is 18.5 Å². The quantitative estimate of drug-likeness (QED) is 0.368. The van der Waals surface area contributed by atoms with Crippen LogP contribution in [0.3, 0.4) is 0 Å². The molecule has 1 aliphatic rings. The zero-order chi connectivity index (χ0) is 27.1. The number of hydrogen-bond acceptors (Lipinski definition) is 14. The predicted octanol–water partition coefficient (Wildman–Crippen LogP) is 1.24. The van der Waals surface area contributed by atoms with E-state index in [0.717, 1.165) is 20.8 Å². The Balaban J connectivity index is 1.92. The largest absolute Gasteiger partial charge is 0.497 e. The van der Waals surface area contributed by atoms with E-state index in [1.807, 2.05) is 0 Å². The molecule has 2 aromatic rings. The van der Waals surface area contributed by atoms with Gasteiger partial charge in [-0.1, -0.05) is 5.10 Å². The standard InChI is InChI=1S/C23H27N3O11/c1-11(27)32-10-17-18(33-12(2)28)19(34-13(3)29)20(35-14(4)30)22(36-17)24-23-26-25-21(37-23)15-6-8-16(31-5)9-7-15/h6-9,17-20,22H,10H2,1-5H3,(H,24,26). The van der Waals surface area contributed by atoms with Gasteiger partial charge >= 0.3 is 29.9 Å². The number of nitrogens with one attached hydrogen (secondary N) is 1. The number of carbonyl (C=O) groups is 4. The molecule has 5 atom stereocenters. The van der Waals surface area contributed by atoms with Crippen LogP contribution in [0.25, 0.3) is 11.5 Å². The normalized spacial score (nSPS) is 22.9. The molecule has 1 aliphatic heterocycles. The maximum atomic E-state index is 11.9. The Labute approximate surface area is 211 Å². The number of ether oxygens (including phenoxy) is 6. The van der Waals surface area contributed by atoms with E-state index in [4.69, 9.17) is 32.8 Å². The van der Waals surface area contributed by atoms with Crippen molar-refractivity contribution < 1.29 is 52.0 Å². The molecule has 14 nitrogen and oxygen atoms in total. The first kappa shape index (κ1) is 27.4. The summed E-state index contributed by atoms with van der Waals surface area (Å²) in [6.07, 6.45) is -6.30. The fourth-order valence-electron chi connectivity index (χ4n) is 3.60. The molecule has 2 heterocycles. The number of anilines is 1. The van der Waals surface area contributed by atoms with Crippen molar-refractivity contribution in [1.82, 2.24) is 10.2 Å². The fourth-order valence-corrected chi connectivity index (χ4v) is 3.60. The maximum Gasteiger partial charge on any atom is 0.317 e. The number of rotatable bonds is 9. The molecule has 200 valence electrons. The summed E-state index contributed by atoms with van der Waals surface area (Å²) in [7, 11) is 1.54. The van der Waals surface area contributed by atoms with Gasteiger partial charge in [-0.25, -0.2) is 0 Å². The van der Waals surface area contributed by atoms with Gasteiger partial charge in [0.05, 0.1) is 7.11 Å². The van der Waals surface area contributed by atoms with Crippen LogP contribution in [-0.2, 0) is 42.9 Å². The first-order valence-electron chi connectivity index (χ1n) is 11.1. The summed E-state index contributed by atoms with van der Waals surface area (Å²) in [4.78, 5) is 47.1. The van der Waals surface area contributed by atoms with Gasteiger partial charge in [0.25, 0.3) is 0 Å². The highest BCUT2D eigenvalue weighted by Crippen LogP contribution is 2.31. The smallest absolute Gasteiger partial charge is 0.317 e. The number of carbonyl (C=O) groups excluding carboxylic acids is 4. The summed E-state index contributed by atoms with van der Waals surface area (Å²) in [5, 5.41) is 10.7. The molecule has 1 aromatic carbocycles. The van der Waals surface area contributed by atoms with E-state index in [9.17, 15) is 19.2 Å². The summed E-state index contributed by atoms with van der Waals surface area (Å²) in [5.41, 5.74) is 0.600. The lowest BCUT2D eigenvalue weighted by Crippen LogP contribution is -2.64. The second-order valence-electron chi connectivity index (χ2n) is 7.91. The number of nitrogens with zero attached hydrogens (tertiary/aromatic N) is 2. The first-order valence-corrected chi connectivity index (χ1v) is 11.1. The Morgan fingerprint density at radius 2 is 1.43 bits per heavy atom. The van der Waals surface area contributed by atoms with Gasteiger partial charge in [-0.05, 0) is 24.3 Å². The Kier molecular flexibility index (Phi) is 9.00. The van der Waals surface area contributed by atoms with Crippen molar-refractivity contribution >= 4 is 29.9 Å². The van der Waals surface area contributed by atoms with Crippen molar-refractivity contribution in [2.75, 3.05) is 19.0 Å². The van der Waals surface area contributed by atoms with Crippen molar-refractivity contribution in [1.29, 1.82) is 0 Å². The molecule has 1 fully saturated rings. The van der Waals surface area contributed by atoms with Crippen LogP contribution in [-0.4, -0.2) is 78.4 Å². The third-order valence-corrected chi connectivity index (χ3v) is 5.02. The van der Waals surface area contributed by atoms with E-state index in [2.05, 4.69) is 15.5 Å². The van der Waals surface area contributed by atoms with Crippen LogP contribution in [0, 0.1) is 0 Å². The summed E-state index contributed by atoms with van der Waals surface area (Å²) in [6.45, 7) is 4.23. The average molecular weight is 521 g/mol. The molecule has 1 aromatic heterocycles. The Hall–Kier alpha value is -4.20. The van der Waals surface area contributed by atoms with E-state index in [1.165, 1.54) is 14.0 Å². The van der Waals surface area contributed by atoms with Crippen LogP contribution in [0.15, 0.2) is 28.7 Å². The van der Waals surface area contributed by atoms with Gasteiger partial charge in [0.2, 0.25) is 5.89 Å². The van der Waals surface area contributed by atoms with Crippen LogP contribution in [0.4, 0.5) is 6.01 Å². The van der Waals surface area contributed by atoms with Crippen molar-refractivity contribution in [2.45, 2.75) is 58.3 Å². The van der Waals surface area contributed by atoms with E-state index >= 15 is 0 Å². The maximum absolute atomic E-state index is 11.9. The Morgan fingerprint density at radius 3 is 2.00 bits per heavy atom. The average Bonchev–Trinajstić information content (AvgIpc) is 3.29. The summed E-state index contributed by atoms with van der Waals surface area (Å²) in [6, 6.07) is 6.74. The van der Waals surface area contributed by atoms with Crippen molar-refractivity contribution in [3.63, 3.8) is 0 Å². The van der Waals surface area contributed by atoms with Crippen LogP contribution in [0.5, 0.6) is 5.75 Å². The van der Waals surface area contributed by atoms with Crippen LogP contribution in [0.1, 0.15) is 27.7 Å². The molecule has 0 spiro atoms.